The summed E-state index contributed by atoms with van der Waals surface area (Å²) in [5.41, 5.74) is 0.129. The number of carboxylic acid groups (broad SMARTS) is 1. The molecule has 0 saturated heterocycles. The fourth-order valence-corrected chi connectivity index (χ4v) is 1.32. The van der Waals surface area contributed by atoms with Crippen LogP contribution in [0.15, 0.2) is 36.9 Å². The molecule has 2 N–H and O–H groups in total. The normalized spacial score (nSPS) is 12.9. The molecule has 1 aromatic carbocycles. The van der Waals surface area contributed by atoms with Gasteiger partial charge in [-0.1, -0.05) is 6.58 Å². The lowest BCUT2D eigenvalue weighted by atomic mass is 10.1. The number of carbonyl (C=O) groups is 3. The third-order valence-corrected chi connectivity index (χ3v) is 2.33. The fourth-order valence-electron chi connectivity index (χ4n) is 1.32. The van der Waals surface area contributed by atoms with E-state index in [0.717, 1.165) is 13.0 Å². The van der Waals surface area contributed by atoms with Gasteiger partial charge in [0.25, 0.3) is 0 Å². The molecule has 1 aromatic rings. The third kappa shape index (κ3) is 5.07. The van der Waals surface area contributed by atoms with Gasteiger partial charge in [-0.25, -0.2) is 14.4 Å². The first-order valence-electron chi connectivity index (χ1n) is 5.83. The molecule has 1 rings (SSSR count). The first-order chi connectivity index (χ1) is 9.75. The molecule has 112 valence electrons. The summed E-state index contributed by atoms with van der Waals surface area (Å²) >= 11 is 0. The van der Waals surface area contributed by atoms with E-state index in [4.69, 9.17) is 9.84 Å². The monoisotopic (exact) mass is 294 g/mol. The van der Waals surface area contributed by atoms with Crippen LogP contribution in [0.25, 0.3) is 0 Å². The van der Waals surface area contributed by atoms with Gasteiger partial charge in [-0.05, 0) is 24.3 Å². The van der Waals surface area contributed by atoms with Gasteiger partial charge in [-0.3, -0.25) is 0 Å². The van der Waals surface area contributed by atoms with E-state index in [1.54, 1.807) is 0 Å². The molecule has 0 aliphatic carbocycles. The van der Waals surface area contributed by atoms with Gasteiger partial charge in [-0.15, -0.1) is 0 Å². The van der Waals surface area contributed by atoms with Gasteiger partial charge < -0.3 is 19.7 Å². The van der Waals surface area contributed by atoms with Crippen molar-refractivity contribution in [2.24, 2.45) is 0 Å². The molecule has 1 unspecified atom stereocenters. The van der Waals surface area contributed by atoms with Crippen LogP contribution in [-0.2, 0) is 14.3 Å². The maximum atomic E-state index is 11.7. The lowest BCUT2D eigenvalue weighted by Crippen LogP contribution is -2.37. The van der Waals surface area contributed by atoms with Crippen molar-refractivity contribution >= 4 is 17.9 Å². The maximum absolute atomic E-state index is 11.7. The average molecular weight is 294 g/mol. The van der Waals surface area contributed by atoms with Crippen molar-refractivity contribution in [1.29, 1.82) is 0 Å². The number of ether oxygens (including phenoxy) is 2. The summed E-state index contributed by atoms with van der Waals surface area (Å²) in [5, 5.41) is 18.4. The fraction of sp³-hybridized carbons (Fsp3) is 0.214. The van der Waals surface area contributed by atoms with E-state index < -0.39 is 30.3 Å². The molecule has 0 amide bonds. The molecule has 7 heteroatoms. The summed E-state index contributed by atoms with van der Waals surface area (Å²) < 4.78 is 9.36. The second-order valence-corrected chi connectivity index (χ2v) is 4.26. The molecule has 0 aromatic heterocycles. The summed E-state index contributed by atoms with van der Waals surface area (Å²) in [7, 11) is 0. The predicted octanol–water partition coefficient (Wildman–Crippen LogP) is 0.979. The van der Waals surface area contributed by atoms with Gasteiger partial charge in [0, 0.05) is 13.0 Å². The van der Waals surface area contributed by atoms with Crippen molar-refractivity contribution in [2.45, 2.75) is 12.7 Å². The number of hydrogen-bond acceptors (Lipinski definition) is 6. The Morgan fingerprint density at radius 1 is 1.24 bits per heavy atom. The highest BCUT2D eigenvalue weighted by Gasteiger charge is 2.27. The van der Waals surface area contributed by atoms with Crippen molar-refractivity contribution in [3.8, 4) is 0 Å². The van der Waals surface area contributed by atoms with E-state index in [0.29, 0.717) is 0 Å². The number of esters is 2. The van der Waals surface area contributed by atoms with Gasteiger partial charge in [0.2, 0.25) is 5.79 Å². The minimum atomic E-state index is -1.98. The Labute approximate surface area is 120 Å². The minimum Gasteiger partial charge on any atom is -0.478 e. The highest BCUT2D eigenvalue weighted by molar-refractivity contribution is 5.92. The van der Waals surface area contributed by atoms with Crippen LogP contribution < -0.4 is 0 Å². The maximum Gasteiger partial charge on any atom is 0.338 e. The van der Waals surface area contributed by atoms with E-state index >= 15 is 0 Å². The standard InChI is InChI=1S/C14H14O7/c1-3-11(15)21-14(2,19)8-20-13(18)10-6-4-9(5-7-10)12(16)17/h3-7,19H,1,8H2,2H3,(H,16,17). The second kappa shape index (κ2) is 6.67. The Morgan fingerprint density at radius 3 is 2.24 bits per heavy atom. The number of rotatable bonds is 6. The largest absolute Gasteiger partial charge is 0.478 e. The predicted molar refractivity (Wildman–Crippen MR) is 70.6 cm³/mol. The van der Waals surface area contributed by atoms with E-state index in [1.807, 2.05) is 0 Å². The quantitative estimate of drug-likeness (QED) is 0.457. The molecule has 21 heavy (non-hydrogen) atoms. The molecule has 0 spiro atoms. The zero-order valence-electron chi connectivity index (χ0n) is 11.2. The van der Waals surface area contributed by atoms with Gasteiger partial charge in [0.05, 0.1) is 11.1 Å². The Kier molecular flexibility index (Phi) is 5.20. The van der Waals surface area contributed by atoms with Crippen molar-refractivity contribution in [1.82, 2.24) is 0 Å². The SMILES string of the molecule is C=CC(=O)OC(C)(O)COC(=O)c1ccc(C(=O)O)cc1. The molecule has 0 aliphatic rings. The zero-order valence-corrected chi connectivity index (χ0v) is 11.2. The van der Waals surface area contributed by atoms with Crippen molar-refractivity contribution < 1.29 is 34.1 Å². The van der Waals surface area contributed by atoms with Gasteiger partial charge >= 0.3 is 17.9 Å². The highest BCUT2D eigenvalue weighted by Crippen LogP contribution is 2.11. The number of carboxylic acids is 1. The first kappa shape index (κ1) is 16.4. The Hall–Kier alpha value is -2.67. The number of aliphatic hydroxyl groups is 1. The summed E-state index contributed by atoms with van der Waals surface area (Å²) in [4.78, 5) is 33.3. The highest BCUT2D eigenvalue weighted by atomic mass is 16.7. The number of carbonyl (C=O) groups excluding carboxylic acids is 2. The van der Waals surface area contributed by atoms with Crippen molar-refractivity contribution in [3.05, 3.63) is 48.0 Å². The Bertz CT molecular complexity index is 557. The first-order valence-corrected chi connectivity index (χ1v) is 5.83. The van der Waals surface area contributed by atoms with Crippen LogP contribution in [0, 0.1) is 0 Å². The van der Waals surface area contributed by atoms with E-state index in [2.05, 4.69) is 11.3 Å². The summed E-state index contributed by atoms with van der Waals surface area (Å²) in [6.45, 7) is 3.74. The summed E-state index contributed by atoms with van der Waals surface area (Å²) in [5.74, 6) is -4.75. The molecule has 7 nitrogen and oxygen atoms in total. The van der Waals surface area contributed by atoms with Crippen LogP contribution in [0.4, 0.5) is 0 Å². The summed E-state index contributed by atoms with van der Waals surface area (Å²) in [6.07, 6.45) is 0.862. The minimum absolute atomic E-state index is 0.0264. The van der Waals surface area contributed by atoms with Crippen LogP contribution in [-0.4, -0.2) is 40.5 Å². The third-order valence-electron chi connectivity index (χ3n) is 2.33. The van der Waals surface area contributed by atoms with Crippen molar-refractivity contribution in [3.63, 3.8) is 0 Å². The molecular formula is C14H14O7. The summed E-state index contributed by atoms with van der Waals surface area (Å²) in [6, 6.07) is 5.04. The van der Waals surface area contributed by atoms with Crippen molar-refractivity contribution in [2.75, 3.05) is 6.61 Å². The van der Waals surface area contributed by atoms with Crippen LogP contribution >= 0.6 is 0 Å². The molecule has 0 radical (unpaired) electrons. The molecular weight excluding hydrogens is 280 g/mol. The van der Waals surface area contributed by atoms with Gasteiger partial charge in [-0.2, -0.15) is 0 Å². The van der Waals surface area contributed by atoms with Crippen LogP contribution in [0.1, 0.15) is 27.6 Å². The zero-order chi connectivity index (χ0) is 16.0. The second-order valence-electron chi connectivity index (χ2n) is 4.26. The van der Waals surface area contributed by atoms with Crippen LogP contribution in [0.3, 0.4) is 0 Å². The topological polar surface area (TPSA) is 110 Å². The molecule has 0 aliphatic heterocycles. The molecule has 1 atom stereocenters. The number of benzene rings is 1. The average Bonchev–Trinajstić information content (AvgIpc) is 2.44. The van der Waals surface area contributed by atoms with Gasteiger partial charge in [0.1, 0.15) is 0 Å². The lowest BCUT2D eigenvalue weighted by molar-refractivity contribution is -0.209. The molecule has 0 heterocycles. The Balaban J connectivity index is 2.62. The van der Waals surface area contributed by atoms with Crippen LogP contribution in [0.5, 0.6) is 0 Å². The van der Waals surface area contributed by atoms with Crippen LogP contribution in [0.2, 0.25) is 0 Å². The molecule has 0 bridgehead atoms. The van der Waals surface area contributed by atoms with E-state index in [9.17, 15) is 19.5 Å². The molecule has 0 saturated carbocycles. The Morgan fingerprint density at radius 2 is 1.76 bits per heavy atom. The lowest BCUT2D eigenvalue weighted by Gasteiger charge is -2.22. The number of hydrogen-bond donors (Lipinski definition) is 2. The molecule has 0 fully saturated rings. The number of aromatic carboxylic acids is 1. The van der Waals surface area contributed by atoms with E-state index in [-0.39, 0.29) is 11.1 Å². The smallest absolute Gasteiger partial charge is 0.338 e. The van der Waals surface area contributed by atoms with Gasteiger partial charge in [0.15, 0.2) is 6.61 Å². The van der Waals surface area contributed by atoms with E-state index in [1.165, 1.54) is 24.3 Å².